The molecule has 64 heavy (non-hydrogen) atoms. The maximum atomic E-state index is 13.3. The Morgan fingerprint density at radius 2 is 1.64 bits per heavy atom. The molecule has 1 atom stereocenters. The van der Waals surface area contributed by atoms with Crippen LogP contribution in [0.15, 0.2) is 76.2 Å². The number of thiophene rings is 2. The highest BCUT2D eigenvalue weighted by Crippen LogP contribution is 2.44. The zero-order valence-corrected chi connectivity index (χ0v) is 41.3. The van der Waals surface area contributed by atoms with Gasteiger partial charge in [0.2, 0.25) is 11.2 Å². The number of aromatic amines is 1. The predicted molar refractivity (Wildman–Crippen MR) is 257 cm³/mol. The summed E-state index contributed by atoms with van der Waals surface area (Å²) in [6.07, 6.45) is 2.56. The lowest BCUT2D eigenvalue weighted by Crippen LogP contribution is -2.45. The number of hydrogen-bond donors (Lipinski definition) is 4. The van der Waals surface area contributed by atoms with Gasteiger partial charge in [0, 0.05) is 62.4 Å². The van der Waals surface area contributed by atoms with Crippen LogP contribution in [0.4, 0.5) is 0 Å². The Balaban J connectivity index is 1.01. The predicted octanol–water partition coefficient (Wildman–Crippen LogP) is 9.00. The van der Waals surface area contributed by atoms with Crippen LogP contribution in [0, 0.1) is 0 Å². The highest BCUT2D eigenvalue weighted by atomic mass is 35.5. The molecule has 0 spiro atoms. The van der Waals surface area contributed by atoms with Crippen LogP contribution in [0.3, 0.4) is 0 Å². The van der Waals surface area contributed by atoms with Gasteiger partial charge in [0.25, 0.3) is 5.91 Å². The molecule has 1 saturated carbocycles. The minimum atomic E-state index is -2.29. The molecule has 346 valence electrons. The van der Waals surface area contributed by atoms with E-state index in [4.69, 9.17) is 30.2 Å². The van der Waals surface area contributed by atoms with Gasteiger partial charge in [-0.15, -0.1) is 22.7 Å². The fourth-order valence-electron chi connectivity index (χ4n) is 7.81. The van der Waals surface area contributed by atoms with Crippen molar-refractivity contribution in [1.29, 1.82) is 0 Å². The summed E-state index contributed by atoms with van der Waals surface area (Å²) in [5.41, 5.74) is 0.164. The Morgan fingerprint density at radius 1 is 0.969 bits per heavy atom. The quantitative estimate of drug-likeness (QED) is 0.0551. The third-order valence-corrected chi connectivity index (χ3v) is 19.4. The molecule has 3 heterocycles. The number of carbonyl (C=O) groups is 2. The van der Waals surface area contributed by atoms with Crippen molar-refractivity contribution in [2.24, 2.45) is 0 Å². The number of nitrogens with zero attached hydrogens (tertiary/aromatic N) is 2. The molecule has 6 rings (SSSR count). The molecular weight excluding hydrogens is 892 g/mol. The van der Waals surface area contributed by atoms with Crippen molar-refractivity contribution in [3.63, 3.8) is 0 Å². The SMILES string of the molecule is COc1cc(OCC(=O)N(C)CCN(C)C2CCC(OC(C(=O)O)(c3cccs3)c3cccs3)CC2)c(Cl)cc1CNC[C@H](O[Si](C)(C)C(C)(C)C)c1ccc(O)c2[nH]c(=O)ccc12. The van der Waals surface area contributed by atoms with Crippen LogP contribution in [0.1, 0.15) is 73.4 Å². The van der Waals surface area contributed by atoms with Gasteiger partial charge in [-0.05, 0) is 97.5 Å². The van der Waals surface area contributed by atoms with Crippen molar-refractivity contribution < 1.29 is 38.4 Å². The second-order valence-corrected chi connectivity index (χ2v) is 25.0. The van der Waals surface area contributed by atoms with E-state index in [2.05, 4.69) is 56.1 Å². The van der Waals surface area contributed by atoms with Crippen LogP contribution < -0.4 is 20.3 Å². The number of phenolic OH excluding ortho intramolecular Hbond substituents is 1. The smallest absolute Gasteiger partial charge is 0.347 e. The van der Waals surface area contributed by atoms with Gasteiger partial charge in [-0.25, -0.2) is 4.79 Å². The third kappa shape index (κ3) is 11.2. The number of hydrogen-bond acceptors (Lipinski definition) is 12. The van der Waals surface area contributed by atoms with Gasteiger partial charge in [0.05, 0.1) is 39.6 Å². The number of fused-ring (bicyclic) bond motifs is 1. The number of nitrogens with one attached hydrogen (secondary N) is 2. The zero-order chi connectivity index (χ0) is 46.4. The molecule has 17 heteroatoms. The summed E-state index contributed by atoms with van der Waals surface area (Å²) in [6.45, 7) is 12.6. The molecule has 3 aromatic heterocycles. The molecular formula is C47H61ClN4O9S2Si. The summed E-state index contributed by atoms with van der Waals surface area (Å²) in [4.78, 5) is 46.3. The van der Waals surface area contributed by atoms with E-state index in [1.54, 1.807) is 43.3 Å². The topological polar surface area (TPSA) is 163 Å². The normalized spacial score (nSPS) is 16.5. The lowest BCUT2D eigenvalue weighted by Gasteiger charge is -2.39. The highest BCUT2D eigenvalue weighted by Gasteiger charge is 2.48. The average molecular weight is 954 g/mol. The molecule has 13 nitrogen and oxygen atoms in total. The third-order valence-electron chi connectivity index (χ3n) is 12.7. The summed E-state index contributed by atoms with van der Waals surface area (Å²) < 4.78 is 25.2. The van der Waals surface area contributed by atoms with Crippen molar-refractivity contribution in [2.75, 3.05) is 47.4 Å². The molecule has 0 aliphatic heterocycles. The fraction of sp³-hybridized carbons (Fsp3) is 0.468. The Bertz CT molecular complexity index is 2380. The van der Waals surface area contributed by atoms with Crippen molar-refractivity contribution in [3.8, 4) is 17.2 Å². The van der Waals surface area contributed by atoms with Gasteiger partial charge in [-0.3, -0.25) is 9.59 Å². The first-order chi connectivity index (χ1) is 30.3. The van der Waals surface area contributed by atoms with Gasteiger partial charge >= 0.3 is 5.97 Å². The maximum absolute atomic E-state index is 13.3. The monoisotopic (exact) mass is 952 g/mol. The zero-order valence-electron chi connectivity index (χ0n) is 37.9. The number of pyridine rings is 1. The first-order valence-electron chi connectivity index (χ1n) is 21.5. The van der Waals surface area contributed by atoms with Gasteiger partial charge in [-0.1, -0.05) is 50.6 Å². The van der Waals surface area contributed by atoms with E-state index in [0.29, 0.717) is 63.4 Å². The van der Waals surface area contributed by atoms with Gasteiger partial charge in [0.15, 0.2) is 14.9 Å². The number of aliphatic carboxylic acids is 1. The number of phenols is 1. The number of H-pyrrole nitrogens is 1. The highest BCUT2D eigenvalue weighted by molar-refractivity contribution is 7.12. The molecule has 0 saturated heterocycles. The maximum Gasteiger partial charge on any atom is 0.347 e. The molecule has 2 aromatic carbocycles. The van der Waals surface area contributed by atoms with Crippen LogP contribution in [-0.4, -0.2) is 105 Å². The van der Waals surface area contributed by atoms with E-state index in [9.17, 15) is 24.6 Å². The summed E-state index contributed by atoms with van der Waals surface area (Å²) in [7, 11) is 3.09. The van der Waals surface area contributed by atoms with Crippen molar-refractivity contribution in [2.45, 2.75) is 95.0 Å². The number of aromatic nitrogens is 1. The van der Waals surface area contributed by atoms with E-state index in [1.165, 1.54) is 28.7 Å². The number of benzene rings is 2. The van der Waals surface area contributed by atoms with Crippen molar-refractivity contribution >= 4 is 65.4 Å². The molecule has 0 radical (unpaired) electrons. The lowest BCUT2D eigenvalue weighted by molar-refractivity contribution is -0.170. The van der Waals surface area contributed by atoms with Crippen LogP contribution in [-0.2, 0) is 30.9 Å². The number of methoxy groups -OCH3 is 1. The van der Waals surface area contributed by atoms with Crippen molar-refractivity contribution in [3.05, 3.63) is 108 Å². The number of halogens is 1. The number of amides is 1. The van der Waals surface area contributed by atoms with E-state index in [0.717, 1.165) is 36.8 Å². The van der Waals surface area contributed by atoms with E-state index >= 15 is 0 Å². The Hall–Kier alpha value is -4.26. The number of carbonyl (C=O) groups excluding carboxylic acids is 1. The first-order valence-corrected chi connectivity index (χ1v) is 26.5. The molecule has 1 aliphatic carbocycles. The number of likely N-dealkylation sites (N-methyl/N-ethyl adjacent to an activating group) is 2. The summed E-state index contributed by atoms with van der Waals surface area (Å²) >= 11 is 9.53. The standard InChI is InChI=1S/C47H61ClN4O9S2Si/c1-46(2,3)64(7,8)61-39(33-17-19-36(53)44-34(33)18-20-42(54)50-44)28-49-27-30-25-35(48)38(26-37(30)58-6)59-29-43(55)52(5)22-21-51(4)31-13-15-32(16-14-31)60-47(45(56)57,40-11-9-23-62-40)41-12-10-24-63-41/h9-12,17-20,23-26,31-32,39,49,53H,13-16,21-22,27-29H2,1-8H3,(H,50,54)(H,56,57)/t31?,32?,39-/m0/s1. The lowest BCUT2D eigenvalue weighted by atomic mass is 9.90. The molecule has 1 amide bonds. The van der Waals surface area contributed by atoms with Crippen LogP contribution >= 0.6 is 34.3 Å². The minimum absolute atomic E-state index is 0.0113. The summed E-state index contributed by atoms with van der Waals surface area (Å²) in [5, 5.41) is 29.3. The summed E-state index contributed by atoms with van der Waals surface area (Å²) in [6, 6.07) is 17.7. The van der Waals surface area contributed by atoms with Crippen LogP contribution in [0.2, 0.25) is 23.2 Å². The largest absolute Gasteiger partial charge is 0.506 e. The molecule has 0 unspecified atom stereocenters. The van der Waals surface area contributed by atoms with E-state index < -0.39 is 26.0 Å². The number of aromatic hydroxyl groups is 1. The molecule has 0 bridgehead atoms. The van der Waals surface area contributed by atoms with E-state index in [-0.39, 0.29) is 41.0 Å². The van der Waals surface area contributed by atoms with Gasteiger partial charge < -0.3 is 49.0 Å². The number of carboxylic acids is 1. The summed E-state index contributed by atoms with van der Waals surface area (Å²) in [5.74, 6) is -0.347. The number of carboxylic acid groups (broad SMARTS) is 1. The fourth-order valence-corrected chi connectivity index (χ4v) is 11.1. The Labute approximate surface area is 389 Å². The number of rotatable bonds is 20. The van der Waals surface area contributed by atoms with E-state index in [1.807, 2.05) is 41.1 Å². The van der Waals surface area contributed by atoms with Gasteiger partial charge in [0.1, 0.15) is 17.2 Å². The second kappa shape index (κ2) is 20.9. The van der Waals surface area contributed by atoms with Crippen LogP contribution in [0.25, 0.3) is 10.9 Å². The molecule has 4 N–H and O–H groups in total. The first kappa shape index (κ1) is 49.2. The Morgan fingerprint density at radius 3 is 2.23 bits per heavy atom. The average Bonchev–Trinajstić information content (AvgIpc) is 4.01. The molecule has 1 fully saturated rings. The second-order valence-electron chi connectivity index (χ2n) is 18.0. The number of ether oxygens (including phenoxy) is 3. The van der Waals surface area contributed by atoms with Crippen molar-refractivity contribution in [1.82, 2.24) is 20.1 Å². The van der Waals surface area contributed by atoms with Crippen LogP contribution in [0.5, 0.6) is 17.2 Å². The molecule has 5 aromatic rings. The van der Waals surface area contributed by atoms with Gasteiger partial charge in [-0.2, -0.15) is 0 Å². The molecule has 1 aliphatic rings. The minimum Gasteiger partial charge on any atom is -0.506 e. The Kier molecular flexibility index (Phi) is 16.1.